The molecule has 5 aliphatic rings. The lowest BCUT2D eigenvalue weighted by Crippen LogP contribution is -2.59. The highest BCUT2D eigenvalue weighted by atomic mass is 16.3. The van der Waals surface area contributed by atoms with Crippen molar-refractivity contribution in [3.8, 4) is 0 Å². The second-order valence-corrected chi connectivity index (χ2v) is 9.43. The Labute approximate surface area is 175 Å². The van der Waals surface area contributed by atoms with Gasteiger partial charge >= 0.3 is 0 Å². The normalized spacial score (nSPS) is 31.8. The summed E-state index contributed by atoms with van der Waals surface area (Å²) in [6.45, 7) is -0.297. The van der Waals surface area contributed by atoms with E-state index in [1.165, 1.54) is 25.3 Å². The number of carbonyl (C=O) groups is 3. The van der Waals surface area contributed by atoms with Crippen LogP contribution in [0.4, 0.5) is 5.69 Å². The molecule has 7 nitrogen and oxygen atoms in total. The van der Waals surface area contributed by atoms with Crippen molar-refractivity contribution >= 4 is 23.4 Å². The van der Waals surface area contributed by atoms with Crippen LogP contribution in [0.15, 0.2) is 36.0 Å². The van der Waals surface area contributed by atoms with Crippen molar-refractivity contribution in [2.75, 3.05) is 18.5 Å². The molecule has 1 aromatic rings. The van der Waals surface area contributed by atoms with Crippen LogP contribution in [0.2, 0.25) is 0 Å². The zero-order valence-corrected chi connectivity index (χ0v) is 16.9. The van der Waals surface area contributed by atoms with Crippen molar-refractivity contribution in [2.24, 2.45) is 17.8 Å². The molecule has 1 aromatic carbocycles. The third kappa shape index (κ3) is 3.41. The number of benzene rings is 1. The molecule has 3 N–H and O–H groups in total. The fourth-order valence-electron chi connectivity index (χ4n) is 6.35. The lowest BCUT2D eigenvalue weighted by Gasteiger charge is -2.56. The van der Waals surface area contributed by atoms with Gasteiger partial charge in [-0.15, -0.1) is 0 Å². The zero-order chi connectivity index (χ0) is 20.9. The second-order valence-electron chi connectivity index (χ2n) is 9.43. The Morgan fingerprint density at radius 3 is 2.20 bits per heavy atom. The van der Waals surface area contributed by atoms with Crippen molar-refractivity contribution in [3.05, 3.63) is 41.6 Å². The van der Waals surface area contributed by atoms with Crippen LogP contribution in [0.1, 0.15) is 48.9 Å². The number of carbonyl (C=O) groups excluding carboxylic acids is 3. The van der Waals surface area contributed by atoms with Crippen LogP contribution in [0.3, 0.4) is 0 Å². The molecular weight excluding hydrogens is 382 g/mol. The van der Waals surface area contributed by atoms with Crippen molar-refractivity contribution < 1.29 is 19.5 Å². The Balaban J connectivity index is 1.23. The Hall–Kier alpha value is -2.67. The summed E-state index contributed by atoms with van der Waals surface area (Å²) in [4.78, 5) is 38.0. The number of rotatable bonds is 6. The Bertz CT molecular complexity index is 886. The van der Waals surface area contributed by atoms with E-state index < -0.39 is 11.8 Å². The standard InChI is InChI=1S/C23H27N3O4/c27-6-5-26-20(28)10-19(22(26)30)24-18-3-1-17(2-4-18)21(29)25-23-11-14-7-15(12-23)9-16(8-14)13-23/h1-4,10,14-16,24,27H,5-9,11-13H2,(H,25,29). The maximum Gasteiger partial charge on any atom is 0.277 e. The van der Waals surface area contributed by atoms with E-state index in [1.54, 1.807) is 24.3 Å². The van der Waals surface area contributed by atoms with Crippen LogP contribution >= 0.6 is 0 Å². The lowest BCUT2D eigenvalue weighted by molar-refractivity contribution is -0.137. The molecule has 0 spiro atoms. The average molecular weight is 409 g/mol. The van der Waals surface area contributed by atoms with Crippen molar-refractivity contribution in [1.29, 1.82) is 0 Å². The van der Waals surface area contributed by atoms with Gasteiger partial charge in [0.05, 0.1) is 13.2 Å². The average Bonchev–Trinajstić information content (AvgIpc) is 2.95. The number of β-amino-alcohol motifs (C(OH)–C–C–N with tert-alkyl or cyclic N) is 1. The van der Waals surface area contributed by atoms with Crippen LogP contribution in [0.25, 0.3) is 0 Å². The highest BCUT2D eigenvalue weighted by Gasteiger charge is 2.51. The maximum absolute atomic E-state index is 12.9. The lowest BCUT2D eigenvalue weighted by atomic mass is 9.53. The number of imide groups is 1. The molecule has 0 saturated heterocycles. The first kappa shape index (κ1) is 19.3. The van der Waals surface area contributed by atoms with Gasteiger partial charge in [-0.2, -0.15) is 0 Å². The monoisotopic (exact) mass is 409 g/mol. The van der Waals surface area contributed by atoms with E-state index in [0.717, 1.165) is 41.9 Å². The predicted octanol–water partition coefficient (Wildman–Crippen LogP) is 2.04. The summed E-state index contributed by atoms with van der Waals surface area (Å²) in [5.41, 5.74) is 1.36. The summed E-state index contributed by atoms with van der Waals surface area (Å²) >= 11 is 0. The van der Waals surface area contributed by atoms with Gasteiger partial charge in [0.25, 0.3) is 17.7 Å². The van der Waals surface area contributed by atoms with Gasteiger partial charge in [-0.1, -0.05) is 0 Å². The van der Waals surface area contributed by atoms with E-state index in [2.05, 4.69) is 10.6 Å². The molecule has 0 unspecified atom stereocenters. The van der Waals surface area contributed by atoms with E-state index in [-0.39, 0.29) is 30.3 Å². The first-order valence-corrected chi connectivity index (χ1v) is 10.8. The molecule has 30 heavy (non-hydrogen) atoms. The molecule has 158 valence electrons. The van der Waals surface area contributed by atoms with Crippen molar-refractivity contribution in [3.63, 3.8) is 0 Å². The molecule has 0 atom stereocenters. The number of hydrogen-bond acceptors (Lipinski definition) is 5. The minimum absolute atomic E-state index is 0.0250. The number of aliphatic hydroxyl groups is 1. The molecule has 4 bridgehead atoms. The molecule has 1 aliphatic heterocycles. The zero-order valence-electron chi connectivity index (χ0n) is 16.9. The summed E-state index contributed by atoms with van der Waals surface area (Å²) in [7, 11) is 0. The van der Waals surface area contributed by atoms with E-state index in [9.17, 15) is 14.4 Å². The first-order chi connectivity index (χ1) is 14.4. The third-order valence-corrected chi connectivity index (χ3v) is 7.18. The van der Waals surface area contributed by atoms with E-state index in [1.807, 2.05) is 0 Å². The molecule has 6 rings (SSSR count). The Morgan fingerprint density at radius 2 is 1.63 bits per heavy atom. The van der Waals surface area contributed by atoms with Crippen LogP contribution in [-0.2, 0) is 9.59 Å². The minimum atomic E-state index is -0.460. The van der Waals surface area contributed by atoms with Gasteiger partial charge < -0.3 is 15.7 Å². The first-order valence-electron chi connectivity index (χ1n) is 10.8. The quantitative estimate of drug-likeness (QED) is 0.625. The number of hydrogen-bond donors (Lipinski definition) is 3. The number of amides is 3. The molecule has 3 amide bonds. The SMILES string of the molecule is O=C(NC12CC3CC(CC(C3)C1)C2)c1ccc(NC2=CC(=O)N(CCO)C2=O)cc1. The van der Waals surface area contributed by atoms with E-state index >= 15 is 0 Å². The van der Waals surface area contributed by atoms with Crippen LogP contribution in [0, 0.1) is 17.8 Å². The maximum atomic E-state index is 12.9. The van der Waals surface area contributed by atoms with Crippen LogP contribution in [0.5, 0.6) is 0 Å². The third-order valence-electron chi connectivity index (χ3n) is 7.18. The van der Waals surface area contributed by atoms with E-state index in [0.29, 0.717) is 11.3 Å². The van der Waals surface area contributed by atoms with E-state index in [4.69, 9.17) is 5.11 Å². The number of aliphatic hydroxyl groups excluding tert-OH is 1. The molecule has 4 fully saturated rings. The molecule has 4 aliphatic carbocycles. The van der Waals surface area contributed by atoms with Crippen LogP contribution in [-0.4, -0.2) is 46.4 Å². The summed E-state index contributed by atoms with van der Waals surface area (Å²) in [5.74, 6) is 1.38. The highest BCUT2D eigenvalue weighted by Crippen LogP contribution is 2.55. The van der Waals surface area contributed by atoms with Gasteiger partial charge in [-0.05, 0) is 80.5 Å². The van der Waals surface area contributed by atoms with Crippen molar-refractivity contribution in [1.82, 2.24) is 10.2 Å². The smallest absolute Gasteiger partial charge is 0.277 e. The number of nitrogens with zero attached hydrogens (tertiary/aromatic N) is 1. The largest absolute Gasteiger partial charge is 0.395 e. The number of nitrogens with one attached hydrogen (secondary N) is 2. The molecule has 4 saturated carbocycles. The fraction of sp³-hybridized carbons (Fsp3) is 0.522. The van der Waals surface area contributed by atoms with Gasteiger partial charge in [0.15, 0.2) is 0 Å². The fourth-order valence-corrected chi connectivity index (χ4v) is 6.35. The molecule has 0 aromatic heterocycles. The molecular formula is C23H27N3O4. The Morgan fingerprint density at radius 1 is 1.03 bits per heavy atom. The minimum Gasteiger partial charge on any atom is -0.395 e. The topological polar surface area (TPSA) is 98.7 Å². The highest BCUT2D eigenvalue weighted by molar-refractivity contribution is 6.17. The van der Waals surface area contributed by atoms with Gasteiger partial charge in [0, 0.05) is 22.9 Å². The molecule has 1 heterocycles. The van der Waals surface area contributed by atoms with Gasteiger partial charge in [-0.25, -0.2) is 0 Å². The van der Waals surface area contributed by atoms with Gasteiger partial charge in [0.2, 0.25) is 0 Å². The van der Waals surface area contributed by atoms with Crippen LogP contribution < -0.4 is 10.6 Å². The predicted molar refractivity (Wildman–Crippen MR) is 110 cm³/mol. The second kappa shape index (κ2) is 7.23. The Kier molecular flexibility index (Phi) is 4.65. The number of anilines is 1. The summed E-state index contributed by atoms with van der Waals surface area (Å²) in [6, 6.07) is 6.96. The van der Waals surface area contributed by atoms with Gasteiger partial charge in [-0.3, -0.25) is 19.3 Å². The molecule has 7 heteroatoms. The van der Waals surface area contributed by atoms with Gasteiger partial charge in [0.1, 0.15) is 5.70 Å². The van der Waals surface area contributed by atoms with Crippen molar-refractivity contribution in [2.45, 2.75) is 44.1 Å². The summed E-state index contributed by atoms with van der Waals surface area (Å²) in [5, 5.41) is 15.3. The summed E-state index contributed by atoms with van der Waals surface area (Å²) in [6.07, 6.45) is 8.57. The molecule has 0 radical (unpaired) electrons. The summed E-state index contributed by atoms with van der Waals surface area (Å²) < 4.78 is 0.